The quantitative estimate of drug-likeness (QED) is 0.892. The Labute approximate surface area is 154 Å². The lowest BCUT2D eigenvalue weighted by Gasteiger charge is -2.19. The van der Waals surface area contributed by atoms with Gasteiger partial charge in [0.25, 0.3) is 0 Å². The van der Waals surface area contributed by atoms with Crippen molar-refractivity contribution in [2.75, 3.05) is 13.2 Å². The Balaban J connectivity index is 1.32. The van der Waals surface area contributed by atoms with Crippen molar-refractivity contribution in [3.05, 3.63) is 58.7 Å². The zero-order valence-corrected chi connectivity index (χ0v) is 15.2. The zero-order valence-electron chi connectivity index (χ0n) is 15.2. The van der Waals surface area contributed by atoms with E-state index in [2.05, 4.69) is 30.4 Å². The first-order chi connectivity index (χ1) is 12.7. The highest BCUT2D eigenvalue weighted by Gasteiger charge is 2.16. The lowest BCUT2D eigenvalue weighted by atomic mass is 10.0. The summed E-state index contributed by atoms with van der Waals surface area (Å²) in [5.41, 5.74) is 5.19. The Morgan fingerprint density at radius 3 is 2.73 bits per heavy atom. The van der Waals surface area contributed by atoms with Crippen LogP contribution in [0.25, 0.3) is 0 Å². The summed E-state index contributed by atoms with van der Waals surface area (Å²) in [6, 6.07) is 12.6. The van der Waals surface area contributed by atoms with E-state index in [9.17, 15) is 4.79 Å². The third-order valence-electron chi connectivity index (χ3n) is 5.25. The Morgan fingerprint density at radius 2 is 1.85 bits per heavy atom. The second-order valence-corrected chi connectivity index (χ2v) is 7.15. The molecule has 4 nitrogen and oxygen atoms in total. The van der Waals surface area contributed by atoms with Crippen LogP contribution in [0.1, 0.15) is 48.1 Å². The summed E-state index contributed by atoms with van der Waals surface area (Å²) in [4.78, 5) is 12.4. The van der Waals surface area contributed by atoms with Gasteiger partial charge < -0.3 is 14.8 Å². The van der Waals surface area contributed by atoms with E-state index in [1.807, 2.05) is 18.2 Å². The lowest BCUT2D eigenvalue weighted by Crippen LogP contribution is -2.26. The largest absolute Gasteiger partial charge is 0.486 e. The minimum absolute atomic E-state index is 0.0358. The molecule has 0 fully saturated rings. The standard InChI is InChI=1S/C22H25NO3/c1-15(18-8-7-17-3-2-4-19(17)14-18)23-22(24)10-6-16-5-9-20-21(13-16)26-12-11-25-20/h5,7-9,13-15H,2-4,6,10-12H2,1H3,(H,23,24)/t15-/m0/s1. The molecule has 1 aliphatic carbocycles. The second kappa shape index (κ2) is 7.40. The molecule has 26 heavy (non-hydrogen) atoms. The maximum atomic E-state index is 12.4. The number of hydrogen-bond acceptors (Lipinski definition) is 3. The van der Waals surface area contributed by atoms with Crippen molar-refractivity contribution < 1.29 is 14.3 Å². The minimum atomic E-state index is 0.0358. The van der Waals surface area contributed by atoms with Gasteiger partial charge in [0.15, 0.2) is 11.5 Å². The van der Waals surface area contributed by atoms with Gasteiger partial charge in [0.2, 0.25) is 5.91 Å². The molecule has 0 bridgehead atoms. The molecule has 2 aromatic rings. The van der Waals surface area contributed by atoms with E-state index in [0.717, 1.165) is 23.5 Å². The summed E-state index contributed by atoms with van der Waals surface area (Å²) in [5.74, 6) is 1.64. The minimum Gasteiger partial charge on any atom is -0.486 e. The van der Waals surface area contributed by atoms with Crippen LogP contribution in [0, 0.1) is 0 Å². The number of carbonyl (C=O) groups excluding carboxylic acids is 1. The van der Waals surface area contributed by atoms with Gasteiger partial charge in [-0.2, -0.15) is 0 Å². The maximum Gasteiger partial charge on any atom is 0.220 e. The van der Waals surface area contributed by atoms with Gasteiger partial charge in [0, 0.05) is 6.42 Å². The molecular weight excluding hydrogens is 326 g/mol. The van der Waals surface area contributed by atoms with Crippen molar-refractivity contribution in [2.24, 2.45) is 0 Å². The van der Waals surface area contributed by atoms with E-state index in [0.29, 0.717) is 26.1 Å². The van der Waals surface area contributed by atoms with Gasteiger partial charge in [-0.05, 0) is 67.0 Å². The number of ether oxygens (including phenoxy) is 2. The van der Waals surface area contributed by atoms with Crippen LogP contribution in [-0.2, 0) is 24.1 Å². The first-order valence-electron chi connectivity index (χ1n) is 9.48. The summed E-state index contributed by atoms with van der Waals surface area (Å²) in [5, 5.41) is 3.13. The van der Waals surface area contributed by atoms with E-state index in [4.69, 9.17) is 9.47 Å². The predicted molar refractivity (Wildman–Crippen MR) is 101 cm³/mol. The summed E-state index contributed by atoms with van der Waals surface area (Å²) in [6.07, 6.45) is 4.75. The van der Waals surface area contributed by atoms with Crippen molar-refractivity contribution in [2.45, 2.75) is 45.1 Å². The smallest absolute Gasteiger partial charge is 0.220 e. The third-order valence-corrected chi connectivity index (χ3v) is 5.25. The fourth-order valence-electron chi connectivity index (χ4n) is 3.76. The van der Waals surface area contributed by atoms with Gasteiger partial charge in [0.05, 0.1) is 6.04 Å². The molecule has 1 N–H and O–H groups in total. The average molecular weight is 351 g/mol. The summed E-state index contributed by atoms with van der Waals surface area (Å²) in [6.45, 7) is 3.23. The Hall–Kier alpha value is -2.49. The molecule has 136 valence electrons. The molecule has 4 heteroatoms. The van der Waals surface area contributed by atoms with Gasteiger partial charge in [-0.3, -0.25) is 4.79 Å². The Bertz CT molecular complexity index is 815. The Kier molecular flexibility index (Phi) is 4.83. The van der Waals surface area contributed by atoms with E-state index in [1.165, 1.54) is 29.5 Å². The van der Waals surface area contributed by atoms with Crippen LogP contribution in [0.2, 0.25) is 0 Å². The van der Waals surface area contributed by atoms with Crippen LogP contribution in [0.3, 0.4) is 0 Å². The number of rotatable bonds is 5. The fraction of sp³-hybridized carbons (Fsp3) is 0.409. The van der Waals surface area contributed by atoms with Gasteiger partial charge in [-0.1, -0.05) is 24.3 Å². The molecule has 0 unspecified atom stereocenters. The lowest BCUT2D eigenvalue weighted by molar-refractivity contribution is -0.121. The molecule has 1 heterocycles. The summed E-state index contributed by atoms with van der Waals surface area (Å²) in [7, 11) is 0. The third kappa shape index (κ3) is 3.69. The number of benzene rings is 2. The average Bonchev–Trinajstić information content (AvgIpc) is 3.14. The fourth-order valence-corrected chi connectivity index (χ4v) is 3.76. The monoisotopic (exact) mass is 351 g/mol. The van der Waals surface area contributed by atoms with Crippen molar-refractivity contribution in [1.82, 2.24) is 5.32 Å². The van der Waals surface area contributed by atoms with E-state index < -0.39 is 0 Å². The van der Waals surface area contributed by atoms with Crippen LogP contribution in [0.4, 0.5) is 0 Å². The molecule has 1 amide bonds. The molecule has 0 spiro atoms. The van der Waals surface area contributed by atoms with E-state index in [1.54, 1.807) is 0 Å². The first kappa shape index (κ1) is 17.0. The molecule has 0 radical (unpaired) electrons. The number of fused-ring (bicyclic) bond motifs is 2. The normalized spacial score (nSPS) is 16.0. The molecule has 0 saturated carbocycles. The van der Waals surface area contributed by atoms with Crippen LogP contribution in [-0.4, -0.2) is 19.1 Å². The number of nitrogens with one attached hydrogen (secondary N) is 1. The summed E-state index contributed by atoms with van der Waals surface area (Å²) >= 11 is 0. The Morgan fingerprint density at radius 1 is 1.04 bits per heavy atom. The maximum absolute atomic E-state index is 12.4. The number of aryl methyl sites for hydroxylation is 3. The van der Waals surface area contributed by atoms with E-state index >= 15 is 0 Å². The molecule has 1 atom stereocenters. The topological polar surface area (TPSA) is 47.6 Å². The van der Waals surface area contributed by atoms with Crippen LogP contribution in [0.15, 0.2) is 36.4 Å². The number of hydrogen-bond donors (Lipinski definition) is 1. The molecular formula is C22H25NO3. The molecule has 0 saturated heterocycles. The first-order valence-corrected chi connectivity index (χ1v) is 9.48. The molecule has 2 aromatic carbocycles. The van der Waals surface area contributed by atoms with Crippen LogP contribution < -0.4 is 14.8 Å². The molecule has 0 aromatic heterocycles. The van der Waals surface area contributed by atoms with Crippen molar-refractivity contribution in [3.63, 3.8) is 0 Å². The SMILES string of the molecule is C[C@H](NC(=O)CCc1ccc2c(c1)OCCO2)c1ccc2c(c1)CCC2. The summed E-state index contributed by atoms with van der Waals surface area (Å²) < 4.78 is 11.1. The van der Waals surface area contributed by atoms with Crippen molar-refractivity contribution >= 4 is 5.91 Å². The second-order valence-electron chi connectivity index (χ2n) is 7.15. The molecule has 2 aliphatic rings. The van der Waals surface area contributed by atoms with Gasteiger partial charge in [-0.25, -0.2) is 0 Å². The molecule has 1 aliphatic heterocycles. The highest BCUT2D eigenvalue weighted by Crippen LogP contribution is 2.31. The van der Waals surface area contributed by atoms with Gasteiger partial charge >= 0.3 is 0 Å². The van der Waals surface area contributed by atoms with Crippen molar-refractivity contribution in [1.29, 1.82) is 0 Å². The number of carbonyl (C=O) groups is 1. The highest BCUT2D eigenvalue weighted by molar-refractivity contribution is 5.76. The predicted octanol–water partition coefficient (Wildman–Crippen LogP) is 3.76. The zero-order chi connectivity index (χ0) is 17.9. The number of amides is 1. The molecule has 4 rings (SSSR count). The van der Waals surface area contributed by atoms with Crippen LogP contribution >= 0.6 is 0 Å². The van der Waals surface area contributed by atoms with Gasteiger partial charge in [-0.15, -0.1) is 0 Å². The van der Waals surface area contributed by atoms with Gasteiger partial charge in [0.1, 0.15) is 13.2 Å². The van der Waals surface area contributed by atoms with Crippen molar-refractivity contribution in [3.8, 4) is 11.5 Å². The van der Waals surface area contributed by atoms with Crippen LogP contribution in [0.5, 0.6) is 11.5 Å². The van der Waals surface area contributed by atoms with E-state index in [-0.39, 0.29) is 11.9 Å². The highest BCUT2D eigenvalue weighted by atomic mass is 16.6.